The number of nitrogens with one attached hydrogen (secondary N) is 1. The highest BCUT2D eigenvalue weighted by atomic mass is 35.5. The molecule has 0 bridgehead atoms. The number of hydrogen-bond donors (Lipinski definition) is 1. The van der Waals surface area contributed by atoms with E-state index in [0.717, 1.165) is 55.8 Å². The van der Waals surface area contributed by atoms with Crippen molar-refractivity contribution in [3.8, 4) is 6.07 Å². The van der Waals surface area contributed by atoms with E-state index in [-0.39, 0.29) is 0 Å². The van der Waals surface area contributed by atoms with Crippen molar-refractivity contribution < 1.29 is 0 Å². The Morgan fingerprint density at radius 1 is 1.47 bits per heavy atom. The lowest BCUT2D eigenvalue weighted by molar-refractivity contribution is 0.313. The molecule has 0 atom stereocenters. The third kappa shape index (κ3) is 2.99. The van der Waals surface area contributed by atoms with Gasteiger partial charge in [0.2, 0.25) is 0 Å². The Kier molecular flexibility index (Phi) is 4.62. The minimum absolute atomic E-state index is 0.324. The van der Waals surface area contributed by atoms with Crippen LogP contribution in [0.2, 0.25) is 5.15 Å². The molecule has 1 aromatic rings. The molecule has 0 saturated heterocycles. The minimum atomic E-state index is 0.324. The fraction of sp³-hybridized carbons (Fsp3) is 0.571. The quantitative estimate of drug-likeness (QED) is 0.680. The van der Waals surface area contributed by atoms with Gasteiger partial charge >= 0.3 is 0 Å². The molecule has 1 aromatic heterocycles. The van der Waals surface area contributed by atoms with Crippen LogP contribution in [0, 0.1) is 11.3 Å². The largest absolute Gasteiger partial charge is 0.370 e. The molecule has 2 heterocycles. The van der Waals surface area contributed by atoms with E-state index in [1.807, 2.05) is 0 Å². The predicted octanol–water partition coefficient (Wildman–Crippen LogP) is 2.81. The maximum Gasteiger partial charge on any atom is 0.149 e. The lowest BCUT2D eigenvalue weighted by atomic mass is 9.97. The summed E-state index contributed by atoms with van der Waals surface area (Å²) in [4.78, 5) is 6.61. The van der Waals surface area contributed by atoms with Gasteiger partial charge < -0.3 is 10.2 Å². The van der Waals surface area contributed by atoms with Crippen molar-refractivity contribution in [2.24, 2.45) is 0 Å². The molecule has 0 amide bonds. The van der Waals surface area contributed by atoms with E-state index < -0.39 is 0 Å². The van der Waals surface area contributed by atoms with Crippen molar-refractivity contribution in [1.82, 2.24) is 9.88 Å². The monoisotopic (exact) mass is 278 g/mol. The number of aromatic nitrogens is 1. The summed E-state index contributed by atoms with van der Waals surface area (Å²) in [6, 6.07) is 2.19. The van der Waals surface area contributed by atoms with Gasteiger partial charge in [0.15, 0.2) is 0 Å². The number of unbranched alkanes of at least 4 members (excludes halogenated alkanes) is 1. The molecule has 19 heavy (non-hydrogen) atoms. The summed E-state index contributed by atoms with van der Waals surface area (Å²) in [5, 5.41) is 12.9. The molecule has 0 radical (unpaired) electrons. The van der Waals surface area contributed by atoms with E-state index in [4.69, 9.17) is 11.6 Å². The van der Waals surface area contributed by atoms with Crippen molar-refractivity contribution in [1.29, 1.82) is 5.26 Å². The van der Waals surface area contributed by atoms with Crippen LogP contribution in [0.3, 0.4) is 0 Å². The number of pyridine rings is 1. The maximum absolute atomic E-state index is 9.24. The number of anilines is 1. The summed E-state index contributed by atoms with van der Waals surface area (Å²) >= 11 is 6.13. The lowest BCUT2D eigenvalue weighted by Crippen LogP contribution is -2.28. The smallest absolute Gasteiger partial charge is 0.149 e. The first-order chi connectivity index (χ1) is 9.17. The Morgan fingerprint density at radius 3 is 2.95 bits per heavy atom. The van der Waals surface area contributed by atoms with Gasteiger partial charge in [-0.2, -0.15) is 5.26 Å². The van der Waals surface area contributed by atoms with Crippen LogP contribution < -0.4 is 5.32 Å². The van der Waals surface area contributed by atoms with E-state index in [1.54, 1.807) is 0 Å². The first kappa shape index (κ1) is 14.1. The zero-order chi connectivity index (χ0) is 13.8. The van der Waals surface area contributed by atoms with Crippen molar-refractivity contribution in [3.63, 3.8) is 0 Å². The zero-order valence-electron chi connectivity index (χ0n) is 11.5. The highest BCUT2D eigenvalue weighted by Gasteiger charge is 2.23. The Hall–Kier alpha value is -1.31. The molecule has 0 spiro atoms. The second-order valence-electron chi connectivity index (χ2n) is 4.96. The fourth-order valence-electron chi connectivity index (χ4n) is 2.38. The number of likely N-dealkylation sites (N-methyl/N-ethyl adjacent to an activating group) is 1. The molecule has 0 aromatic carbocycles. The van der Waals surface area contributed by atoms with Gasteiger partial charge in [0, 0.05) is 25.2 Å². The van der Waals surface area contributed by atoms with E-state index in [9.17, 15) is 5.26 Å². The normalized spacial score (nSPS) is 14.8. The molecule has 1 aliphatic rings. The first-order valence-corrected chi connectivity index (χ1v) is 7.09. The molecule has 4 nitrogen and oxygen atoms in total. The van der Waals surface area contributed by atoms with Gasteiger partial charge in [0.1, 0.15) is 17.0 Å². The van der Waals surface area contributed by atoms with Gasteiger partial charge in [-0.25, -0.2) is 4.98 Å². The summed E-state index contributed by atoms with van der Waals surface area (Å²) in [5.41, 5.74) is 2.75. The second kappa shape index (κ2) is 6.23. The summed E-state index contributed by atoms with van der Waals surface area (Å²) in [5.74, 6) is 0.846. The molecule has 1 aliphatic heterocycles. The summed E-state index contributed by atoms with van der Waals surface area (Å²) in [6.07, 6.45) is 3.10. The van der Waals surface area contributed by atoms with E-state index >= 15 is 0 Å². The van der Waals surface area contributed by atoms with Crippen LogP contribution in [0.4, 0.5) is 5.82 Å². The van der Waals surface area contributed by atoms with Gasteiger partial charge in [0.05, 0.1) is 5.56 Å². The van der Waals surface area contributed by atoms with Gasteiger partial charge in [-0.15, -0.1) is 0 Å². The van der Waals surface area contributed by atoms with Crippen LogP contribution in [0.25, 0.3) is 0 Å². The molecule has 0 aliphatic carbocycles. The minimum Gasteiger partial charge on any atom is -0.370 e. The van der Waals surface area contributed by atoms with Crippen molar-refractivity contribution in [2.45, 2.75) is 32.7 Å². The van der Waals surface area contributed by atoms with Gasteiger partial charge in [-0.1, -0.05) is 24.9 Å². The second-order valence-corrected chi connectivity index (χ2v) is 5.32. The number of nitrogens with zero attached hydrogens (tertiary/aromatic N) is 3. The van der Waals surface area contributed by atoms with Gasteiger partial charge in [-0.3, -0.25) is 0 Å². The van der Waals surface area contributed by atoms with Gasteiger partial charge in [-0.05, 0) is 25.5 Å². The average Bonchev–Trinajstić information content (AvgIpc) is 2.39. The standard InChI is InChI=1S/C14H19ClN4/c1-3-4-6-17-14-12-9-19(2)7-5-10(12)11(8-16)13(15)18-14/h3-7,9H2,1-2H3,(H,17,18). The Morgan fingerprint density at radius 2 is 2.26 bits per heavy atom. The summed E-state index contributed by atoms with van der Waals surface area (Å²) in [6.45, 7) is 4.82. The number of rotatable bonds is 4. The molecule has 1 N–H and O–H groups in total. The fourth-order valence-corrected chi connectivity index (χ4v) is 2.62. The molecule has 0 saturated carbocycles. The number of nitriles is 1. The maximum atomic E-state index is 9.24. The molecular weight excluding hydrogens is 260 g/mol. The number of fused-ring (bicyclic) bond motifs is 1. The molecule has 2 rings (SSSR count). The van der Waals surface area contributed by atoms with Crippen LogP contribution in [-0.4, -0.2) is 30.0 Å². The molecule has 5 heteroatoms. The summed E-state index contributed by atoms with van der Waals surface area (Å²) < 4.78 is 0. The van der Waals surface area contributed by atoms with Gasteiger partial charge in [0.25, 0.3) is 0 Å². The van der Waals surface area contributed by atoms with E-state index in [0.29, 0.717) is 10.7 Å². The Balaban J connectivity index is 2.38. The van der Waals surface area contributed by atoms with Crippen LogP contribution >= 0.6 is 11.6 Å². The van der Waals surface area contributed by atoms with E-state index in [2.05, 4.69) is 35.2 Å². The predicted molar refractivity (Wildman–Crippen MR) is 77.4 cm³/mol. The lowest BCUT2D eigenvalue weighted by Gasteiger charge is -2.27. The SMILES string of the molecule is CCCCNc1nc(Cl)c(C#N)c2c1CN(C)CC2. The molecular formula is C14H19ClN4. The van der Waals surface area contributed by atoms with Crippen molar-refractivity contribution in [3.05, 3.63) is 21.8 Å². The first-order valence-electron chi connectivity index (χ1n) is 6.71. The Bertz CT molecular complexity index is 507. The topological polar surface area (TPSA) is 52.0 Å². The van der Waals surface area contributed by atoms with Crippen molar-refractivity contribution >= 4 is 17.4 Å². The third-order valence-corrected chi connectivity index (χ3v) is 3.75. The van der Waals surface area contributed by atoms with Crippen molar-refractivity contribution in [2.75, 3.05) is 25.5 Å². The molecule has 0 fully saturated rings. The average molecular weight is 279 g/mol. The van der Waals surface area contributed by atoms with Crippen LogP contribution in [0.15, 0.2) is 0 Å². The zero-order valence-corrected chi connectivity index (χ0v) is 12.2. The van der Waals surface area contributed by atoms with Crippen LogP contribution in [0.1, 0.15) is 36.5 Å². The number of halogens is 1. The van der Waals surface area contributed by atoms with Crippen LogP contribution in [0.5, 0.6) is 0 Å². The highest BCUT2D eigenvalue weighted by Crippen LogP contribution is 2.31. The van der Waals surface area contributed by atoms with E-state index in [1.165, 1.54) is 0 Å². The third-order valence-electron chi connectivity index (χ3n) is 3.47. The number of hydrogen-bond acceptors (Lipinski definition) is 4. The van der Waals surface area contributed by atoms with Crippen LogP contribution in [-0.2, 0) is 13.0 Å². The summed E-state index contributed by atoms with van der Waals surface area (Å²) in [7, 11) is 2.08. The molecule has 102 valence electrons. The Labute approximate surface area is 119 Å². The molecule has 0 unspecified atom stereocenters. The highest BCUT2D eigenvalue weighted by molar-refractivity contribution is 6.30.